The molecule has 3 heteroatoms. The zero-order valence-electron chi connectivity index (χ0n) is 14.8. The molecule has 23 heavy (non-hydrogen) atoms. The summed E-state index contributed by atoms with van der Waals surface area (Å²) in [5.41, 5.74) is 1.31. The first-order valence-electron chi connectivity index (χ1n) is 9.04. The third-order valence-corrected chi connectivity index (χ3v) is 4.97. The number of carbonyl (C=O) groups excluding carboxylic acids is 1. The molecule has 0 unspecified atom stereocenters. The van der Waals surface area contributed by atoms with Crippen LogP contribution in [0.2, 0.25) is 0 Å². The van der Waals surface area contributed by atoms with E-state index in [1.807, 2.05) is 18.2 Å². The number of aryl methyl sites for hydroxylation is 1. The molecule has 3 atom stereocenters. The number of amides is 1. The van der Waals surface area contributed by atoms with Crippen molar-refractivity contribution in [3.63, 3.8) is 0 Å². The zero-order chi connectivity index (χ0) is 16.7. The standard InChI is InChI=1S/C20H31NO2/c1-15(2)18-12-11-16(3)14-19(18)23-20(22)21-13-7-10-17-8-5-4-6-9-17/h4-6,8-9,15-16,18-19H,7,10-14H2,1-3H3,(H,21,22)/t16-,18+,19-/m1/s1. The van der Waals surface area contributed by atoms with Gasteiger partial charge in [-0.3, -0.25) is 0 Å². The van der Waals surface area contributed by atoms with Gasteiger partial charge in [0.1, 0.15) is 6.10 Å². The molecule has 1 aliphatic rings. The number of hydrogen-bond acceptors (Lipinski definition) is 2. The van der Waals surface area contributed by atoms with Crippen LogP contribution < -0.4 is 5.32 Å². The topological polar surface area (TPSA) is 38.3 Å². The average Bonchev–Trinajstić information content (AvgIpc) is 2.52. The second-order valence-electron chi connectivity index (χ2n) is 7.29. The van der Waals surface area contributed by atoms with Crippen LogP contribution in [0.15, 0.2) is 30.3 Å². The van der Waals surface area contributed by atoms with Crippen molar-refractivity contribution in [1.82, 2.24) is 5.32 Å². The Balaban J connectivity index is 1.70. The van der Waals surface area contributed by atoms with Gasteiger partial charge in [-0.15, -0.1) is 0 Å². The van der Waals surface area contributed by atoms with Crippen LogP contribution >= 0.6 is 0 Å². The molecule has 1 aliphatic carbocycles. The Hall–Kier alpha value is -1.51. The molecular weight excluding hydrogens is 286 g/mol. The van der Waals surface area contributed by atoms with Gasteiger partial charge in [0, 0.05) is 6.54 Å². The molecule has 0 aliphatic heterocycles. The van der Waals surface area contributed by atoms with Gasteiger partial charge in [-0.05, 0) is 49.0 Å². The van der Waals surface area contributed by atoms with Gasteiger partial charge in [0.05, 0.1) is 0 Å². The molecule has 0 radical (unpaired) electrons. The summed E-state index contributed by atoms with van der Waals surface area (Å²) in [5, 5.41) is 2.91. The summed E-state index contributed by atoms with van der Waals surface area (Å²) >= 11 is 0. The Bertz CT molecular complexity index is 472. The number of carbonyl (C=O) groups is 1. The van der Waals surface area contributed by atoms with Crippen molar-refractivity contribution in [2.45, 2.75) is 59.0 Å². The maximum Gasteiger partial charge on any atom is 0.407 e. The monoisotopic (exact) mass is 317 g/mol. The fraction of sp³-hybridized carbons (Fsp3) is 0.650. The van der Waals surface area contributed by atoms with Crippen LogP contribution in [-0.4, -0.2) is 18.7 Å². The Labute approximate surface area is 140 Å². The molecule has 1 aromatic carbocycles. The number of nitrogens with one attached hydrogen (secondary N) is 1. The molecule has 0 aromatic heterocycles. The van der Waals surface area contributed by atoms with E-state index >= 15 is 0 Å². The molecule has 1 saturated carbocycles. The molecule has 1 amide bonds. The molecule has 1 aromatic rings. The zero-order valence-corrected chi connectivity index (χ0v) is 14.8. The van der Waals surface area contributed by atoms with E-state index in [0.717, 1.165) is 19.3 Å². The molecular formula is C20H31NO2. The maximum atomic E-state index is 12.1. The van der Waals surface area contributed by atoms with Crippen molar-refractivity contribution in [3.05, 3.63) is 35.9 Å². The van der Waals surface area contributed by atoms with Crippen molar-refractivity contribution >= 4 is 6.09 Å². The molecule has 0 bridgehead atoms. The number of ether oxygens (including phenoxy) is 1. The van der Waals surface area contributed by atoms with Gasteiger partial charge in [0.2, 0.25) is 0 Å². The Morgan fingerprint density at radius 3 is 2.70 bits per heavy atom. The Kier molecular flexibility index (Phi) is 6.94. The minimum Gasteiger partial charge on any atom is -0.446 e. The molecule has 1 fully saturated rings. The van der Waals surface area contributed by atoms with Gasteiger partial charge in [-0.25, -0.2) is 4.79 Å². The van der Waals surface area contributed by atoms with Crippen LogP contribution in [0.5, 0.6) is 0 Å². The minimum absolute atomic E-state index is 0.0767. The molecule has 3 nitrogen and oxygen atoms in total. The molecule has 0 spiro atoms. The van der Waals surface area contributed by atoms with Crippen LogP contribution in [0.4, 0.5) is 4.79 Å². The van der Waals surface area contributed by atoms with Gasteiger partial charge in [-0.1, -0.05) is 57.5 Å². The Morgan fingerprint density at radius 2 is 2.00 bits per heavy atom. The van der Waals surface area contributed by atoms with Gasteiger partial charge in [0.25, 0.3) is 0 Å². The summed E-state index contributed by atoms with van der Waals surface area (Å²) in [5.74, 6) is 1.72. The van der Waals surface area contributed by atoms with Crippen LogP contribution in [0.3, 0.4) is 0 Å². The predicted molar refractivity (Wildman–Crippen MR) is 94.4 cm³/mol. The SMILES string of the molecule is CC(C)[C@@H]1CC[C@@H](C)C[C@H]1OC(=O)NCCCc1ccccc1. The number of rotatable bonds is 6. The molecule has 128 valence electrons. The lowest BCUT2D eigenvalue weighted by Crippen LogP contribution is -2.39. The van der Waals surface area contributed by atoms with Crippen LogP contribution in [0, 0.1) is 17.8 Å². The fourth-order valence-corrected chi connectivity index (χ4v) is 3.56. The second-order valence-corrected chi connectivity index (χ2v) is 7.29. The van der Waals surface area contributed by atoms with Gasteiger partial charge >= 0.3 is 6.09 Å². The highest BCUT2D eigenvalue weighted by molar-refractivity contribution is 5.67. The first-order valence-corrected chi connectivity index (χ1v) is 9.04. The minimum atomic E-state index is -0.247. The largest absolute Gasteiger partial charge is 0.446 e. The summed E-state index contributed by atoms with van der Waals surface area (Å²) in [6, 6.07) is 10.4. The highest BCUT2D eigenvalue weighted by Crippen LogP contribution is 2.35. The molecule has 2 rings (SSSR count). The van der Waals surface area contributed by atoms with Gasteiger partial charge < -0.3 is 10.1 Å². The number of alkyl carbamates (subject to hydrolysis) is 1. The molecule has 1 N–H and O–H groups in total. The van der Waals surface area contributed by atoms with Crippen molar-refractivity contribution in [2.75, 3.05) is 6.54 Å². The maximum absolute atomic E-state index is 12.1. The summed E-state index contributed by atoms with van der Waals surface area (Å²) < 4.78 is 5.74. The van der Waals surface area contributed by atoms with Crippen molar-refractivity contribution in [3.8, 4) is 0 Å². The van der Waals surface area contributed by atoms with E-state index in [4.69, 9.17) is 4.74 Å². The lowest BCUT2D eigenvalue weighted by Gasteiger charge is -2.36. The van der Waals surface area contributed by atoms with Crippen molar-refractivity contribution < 1.29 is 9.53 Å². The lowest BCUT2D eigenvalue weighted by atomic mass is 9.75. The third kappa shape index (κ3) is 5.89. The fourth-order valence-electron chi connectivity index (χ4n) is 3.56. The summed E-state index contributed by atoms with van der Waals surface area (Å²) in [6.07, 6.45) is 5.17. The summed E-state index contributed by atoms with van der Waals surface area (Å²) in [4.78, 5) is 12.1. The summed E-state index contributed by atoms with van der Waals surface area (Å²) in [6.45, 7) is 7.39. The smallest absolute Gasteiger partial charge is 0.407 e. The number of hydrogen-bond donors (Lipinski definition) is 1. The van der Waals surface area contributed by atoms with Crippen LogP contribution in [0.1, 0.15) is 52.0 Å². The summed E-state index contributed by atoms with van der Waals surface area (Å²) in [7, 11) is 0. The quantitative estimate of drug-likeness (QED) is 0.765. The van der Waals surface area contributed by atoms with Crippen LogP contribution in [0.25, 0.3) is 0 Å². The van der Waals surface area contributed by atoms with E-state index in [-0.39, 0.29) is 12.2 Å². The molecule has 0 heterocycles. The van der Waals surface area contributed by atoms with E-state index in [1.54, 1.807) is 0 Å². The molecule has 0 saturated heterocycles. The van der Waals surface area contributed by atoms with E-state index in [9.17, 15) is 4.79 Å². The van der Waals surface area contributed by atoms with E-state index < -0.39 is 0 Å². The normalized spacial score (nSPS) is 24.4. The van der Waals surface area contributed by atoms with E-state index in [1.165, 1.54) is 18.4 Å². The lowest BCUT2D eigenvalue weighted by molar-refractivity contribution is 0.00624. The first kappa shape index (κ1) is 17.8. The van der Waals surface area contributed by atoms with E-state index in [2.05, 4.69) is 38.2 Å². The van der Waals surface area contributed by atoms with Gasteiger partial charge in [-0.2, -0.15) is 0 Å². The average molecular weight is 317 g/mol. The van der Waals surface area contributed by atoms with Crippen molar-refractivity contribution in [2.24, 2.45) is 17.8 Å². The van der Waals surface area contributed by atoms with Crippen molar-refractivity contribution in [1.29, 1.82) is 0 Å². The highest BCUT2D eigenvalue weighted by Gasteiger charge is 2.33. The Morgan fingerprint density at radius 1 is 1.26 bits per heavy atom. The predicted octanol–water partition coefficient (Wildman–Crippen LogP) is 4.81. The van der Waals surface area contributed by atoms with E-state index in [0.29, 0.717) is 24.3 Å². The highest BCUT2D eigenvalue weighted by atomic mass is 16.6. The first-order chi connectivity index (χ1) is 11.1. The van der Waals surface area contributed by atoms with Crippen LogP contribution in [-0.2, 0) is 11.2 Å². The second kappa shape index (κ2) is 8.95. The number of benzene rings is 1. The third-order valence-electron chi connectivity index (χ3n) is 4.97. The van der Waals surface area contributed by atoms with Gasteiger partial charge in [0.15, 0.2) is 0 Å².